The summed E-state index contributed by atoms with van der Waals surface area (Å²) in [4.78, 5) is 32.9. The first-order chi connectivity index (χ1) is 13.1. The molecule has 0 aliphatic heterocycles. The van der Waals surface area contributed by atoms with Crippen LogP contribution in [0.1, 0.15) is 26.4 Å². The van der Waals surface area contributed by atoms with Crippen molar-refractivity contribution in [2.45, 2.75) is 6.92 Å². The number of nitrogens with zero attached hydrogens (tertiary/aromatic N) is 2. The summed E-state index contributed by atoms with van der Waals surface area (Å²) in [6, 6.07) is 14.5. The molecule has 0 atom stereocenters. The van der Waals surface area contributed by atoms with E-state index in [0.717, 1.165) is 15.8 Å². The molecule has 2 amide bonds. The Morgan fingerprint density at radius 3 is 2.56 bits per heavy atom. The van der Waals surface area contributed by atoms with Crippen LogP contribution in [0.2, 0.25) is 0 Å². The van der Waals surface area contributed by atoms with Gasteiger partial charge in [0.15, 0.2) is 10.8 Å². The number of para-hydroxylation sites is 1. The zero-order chi connectivity index (χ0) is 18.8. The molecule has 4 aromatic rings. The number of amides is 2. The van der Waals surface area contributed by atoms with Gasteiger partial charge in [0.1, 0.15) is 6.26 Å². The first kappa shape index (κ1) is 16.9. The van der Waals surface area contributed by atoms with Gasteiger partial charge >= 0.3 is 6.01 Å². The minimum Gasteiger partial charge on any atom is -0.431 e. The highest BCUT2D eigenvalue weighted by atomic mass is 32.1. The third kappa shape index (κ3) is 3.56. The van der Waals surface area contributed by atoms with Gasteiger partial charge in [-0.2, -0.15) is 4.98 Å². The summed E-state index contributed by atoms with van der Waals surface area (Å²) in [6.07, 6.45) is 1.19. The van der Waals surface area contributed by atoms with Crippen molar-refractivity contribution in [1.82, 2.24) is 9.97 Å². The number of benzene rings is 2. The monoisotopic (exact) mass is 378 g/mol. The molecule has 27 heavy (non-hydrogen) atoms. The van der Waals surface area contributed by atoms with Crippen LogP contribution < -0.4 is 10.6 Å². The molecule has 0 radical (unpaired) electrons. The smallest absolute Gasteiger partial charge is 0.302 e. The van der Waals surface area contributed by atoms with E-state index in [1.165, 1.54) is 17.6 Å². The molecule has 134 valence electrons. The third-order valence-electron chi connectivity index (χ3n) is 3.83. The standard InChI is InChI=1S/C19H14N4O3S/c1-11-6-5-9-14-15(11)21-19(27-14)23-17(25)13-10-26-18(20-13)22-16(24)12-7-3-2-4-8-12/h2-10H,1H3,(H,20,22,24)(H,21,23,25). The molecule has 2 heterocycles. The molecule has 2 aromatic heterocycles. The number of thiazole rings is 1. The van der Waals surface area contributed by atoms with Crippen molar-refractivity contribution in [3.05, 3.63) is 71.6 Å². The molecular formula is C19H14N4O3S. The van der Waals surface area contributed by atoms with Gasteiger partial charge in [-0.3, -0.25) is 20.2 Å². The summed E-state index contributed by atoms with van der Waals surface area (Å²) in [5, 5.41) is 5.70. The molecule has 0 saturated heterocycles. The van der Waals surface area contributed by atoms with E-state index in [4.69, 9.17) is 4.42 Å². The highest BCUT2D eigenvalue weighted by molar-refractivity contribution is 7.22. The predicted octanol–water partition coefficient (Wildman–Crippen LogP) is 4.10. The summed E-state index contributed by atoms with van der Waals surface area (Å²) in [5.41, 5.74) is 2.41. The Morgan fingerprint density at radius 1 is 0.963 bits per heavy atom. The van der Waals surface area contributed by atoms with E-state index in [1.54, 1.807) is 24.3 Å². The second-order valence-corrected chi connectivity index (χ2v) is 6.78. The number of carbonyl (C=O) groups is 2. The minimum absolute atomic E-state index is 0.0471. The Hall–Kier alpha value is -3.52. The van der Waals surface area contributed by atoms with E-state index in [2.05, 4.69) is 20.6 Å². The van der Waals surface area contributed by atoms with E-state index in [9.17, 15) is 9.59 Å². The summed E-state index contributed by atoms with van der Waals surface area (Å²) < 4.78 is 6.16. The van der Waals surface area contributed by atoms with Crippen molar-refractivity contribution in [3.63, 3.8) is 0 Å². The molecule has 8 heteroatoms. The number of aryl methyl sites for hydroxylation is 1. The highest BCUT2D eigenvalue weighted by Crippen LogP contribution is 2.28. The van der Waals surface area contributed by atoms with Gasteiger partial charge in [0.05, 0.1) is 10.2 Å². The van der Waals surface area contributed by atoms with E-state index in [0.29, 0.717) is 10.7 Å². The van der Waals surface area contributed by atoms with Crippen molar-refractivity contribution in [2.75, 3.05) is 10.6 Å². The second kappa shape index (κ2) is 7.00. The van der Waals surface area contributed by atoms with E-state index >= 15 is 0 Å². The first-order valence-corrected chi connectivity index (χ1v) is 8.91. The van der Waals surface area contributed by atoms with Crippen molar-refractivity contribution < 1.29 is 14.0 Å². The number of nitrogens with one attached hydrogen (secondary N) is 2. The van der Waals surface area contributed by atoms with Crippen LogP contribution in [0.15, 0.2) is 59.2 Å². The van der Waals surface area contributed by atoms with Crippen LogP contribution in [0.3, 0.4) is 0 Å². The van der Waals surface area contributed by atoms with Gasteiger partial charge in [0.2, 0.25) is 0 Å². The average Bonchev–Trinajstić information content (AvgIpc) is 3.30. The first-order valence-electron chi connectivity index (χ1n) is 8.09. The molecule has 0 spiro atoms. The largest absolute Gasteiger partial charge is 0.431 e. The van der Waals surface area contributed by atoms with Gasteiger partial charge in [0.25, 0.3) is 11.8 Å². The minimum atomic E-state index is -0.462. The Morgan fingerprint density at radius 2 is 1.78 bits per heavy atom. The Labute approximate surface area is 158 Å². The summed E-state index contributed by atoms with van der Waals surface area (Å²) in [6.45, 7) is 1.97. The maximum absolute atomic E-state index is 12.4. The zero-order valence-corrected chi connectivity index (χ0v) is 15.0. The van der Waals surface area contributed by atoms with Crippen LogP contribution in [0.4, 0.5) is 11.1 Å². The van der Waals surface area contributed by atoms with E-state index < -0.39 is 5.91 Å². The average molecular weight is 378 g/mol. The maximum atomic E-state index is 12.4. The fourth-order valence-corrected chi connectivity index (χ4v) is 3.43. The molecule has 4 rings (SSSR count). The summed E-state index contributed by atoms with van der Waals surface area (Å²) >= 11 is 1.38. The quantitative estimate of drug-likeness (QED) is 0.557. The predicted molar refractivity (Wildman–Crippen MR) is 103 cm³/mol. The van der Waals surface area contributed by atoms with E-state index in [-0.39, 0.29) is 17.6 Å². The van der Waals surface area contributed by atoms with Crippen LogP contribution in [-0.2, 0) is 0 Å². The molecule has 0 aliphatic carbocycles. The lowest BCUT2D eigenvalue weighted by Gasteiger charge is -1.99. The molecule has 0 bridgehead atoms. The number of fused-ring (bicyclic) bond motifs is 1. The van der Waals surface area contributed by atoms with Gasteiger partial charge < -0.3 is 4.42 Å². The fourth-order valence-electron chi connectivity index (χ4n) is 2.50. The van der Waals surface area contributed by atoms with Crippen LogP contribution >= 0.6 is 11.3 Å². The SMILES string of the molecule is Cc1cccc2sc(NC(=O)c3coc(NC(=O)c4ccccc4)n3)nc12. The number of anilines is 2. The number of hydrogen-bond donors (Lipinski definition) is 2. The van der Waals surface area contributed by atoms with Gasteiger partial charge in [-0.05, 0) is 30.7 Å². The number of aromatic nitrogens is 2. The lowest BCUT2D eigenvalue weighted by atomic mass is 10.2. The van der Waals surface area contributed by atoms with Gasteiger partial charge in [0, 0.05) is 5.56 Å². The summed E-state index contributed by atoms with van der Waals surface area (Å²) in [7, 11) is 0. The Balaban J connectivity index is 1.46. The molecular weight excluding hydrogens is 364 g/mol. The van der Waals surface area contributed by atoms with Crippen LogP contribution in [0.5, 0.6) is 0 Å². The maximum Gasteiger partial charge on any atom is 0.302 e. The molecule has 7 nitrogen and oxygen atoms in total. The lowest BCUT2D eigenvalue weighted by Crippen LogP contribution is -2.14. The normalized spacial score (nSPS) is 10.7. The second-order valence-electron chi connectivity index (χ2n) is 5.75. The van der Waals surface area contributed by atoms with Crippen molar-refractivity contribution >= 4 is 44.5 Å². The lowest BCUT2D eigenvalue weighted by molar-refractivity contribution is 0.101. The number of oxazole rings is 1. The van der Waals surface area contributed by atoms with Crippen molar-refractivity contribution in [2.24, 2.45) is 0 Å². The van der Waals surface area contributed by atoms with E-state index in [1.807, 2.05) is 31.2 Å². The van der Waals surface area contributed by atoms with Crippen LogP contribution in [0, 0.1) is 6.92 Å². The Kier molecular flexibility index (Phi) is 4.39. The molecule has 2 N–H and O–H groups in total. The van der Waals surface area contributed by atoms with Crippen molar-refractivity contribution in [1.29, 1.82) is 0 Å². The number of rotatable bonds is 4. The van der Waals surface area contributed by atoms with Crippen LogP contribution in [0.25, 0.3) is 10.2 Å². The number of carbonyl (C=O) groups excluding carboxylic acids is 2. The molecule has 2 aromatic carbocycles. The topological polar surface area (TPSA) is 97.1 Å². The van der Waals surface area contributed by atoms with Gasteiger partial charge in [-0.25, -0.2) is 4.98 Å². The molecule has 0 unspecified atom stereocenters. The van der Waals surface area contributed by atoms with Crippen LogP contribution in [-0.4, -0.2) is 21.8 Å². The van der Waals surface area contributed by atoms with Gasteiger partial charge in [-0.15, -0.1) is 0 Å². The molecule has 0 aliphatic rings. The molecule has 0 saturated carbocycles. The zero-order valence-electron chi connectivity index (χ0n) is 14.2. The van der Waals surface area contributed by atoms with Crippen molar-refractivity contribution in [3.8, 4) is 0 Å². The summed E-state index contributed by atoms with van der Waals surface area (Å²) in [5.74, 6) is -0.832. The third-order valence-corrected chi connectivity index (χ3v) is 4.77. The Bertz CT molecular complexity index is 1130. The number of hydrogen-bond acceptors (Lipinski definition) is 6. The molecule has 0 fully saturated rings. The highest BCUT2D eigenvalue weighted by Gasteiger charge is 2.16. The fraction of sp³-hybridized carbons (Fsp3) is 0.0526. The van der Waals surface area contributed by atoms with Gasteiger partial charge in [-0.1, -0.05) is 41.7 Å².